The smallest absolute Gasteiger partial charge is 0.233 e. The van der Waals surface area contributed by atoms with Crippen molar-refractivity contribution in [2.24, 2.45) is 0 Å². The normalized spacial score (nSPS) is 12.3. The minimum absolute atomic E-state index is 0.282. The van der Waals surface area contributed by atoms with Gasteiger partial charge in [-0.2, -0.15) is 0 Å². The van der Waals surface area contributed by atoms with E-state index in [4.69, 9.17) is 5.73 Å². The molecule has 3 N–H and O–H groups in total. The summed E-state index contributed by atoms with van der Waals surface area (Å²) in [6, 6.07) is 5.12. The highest BCUT2D eigenvalue weighted by Crippen LogP contribution is 2.27. The molecule has 0 unspecified atom stereocenters. The van der Waals surface area contributed by atoms with Gasteiger partial charge in [0, 0.05) is 11.2 Å². The Labute approximate surface area is 130 Å². The summed E-state index contributed by atoms with van der Waals surface area (Å²) in [6.45, 7) is 2.05. The van der Waals surface area contributed by atoms with Gasteiger partial charge in [0.15, 0.2) is 0 Å². The predicted molar refractivity (Wildman–Crippen MR) is 89.0 cm³/mol. The van der Waals surface area contributed by atoms with Crippen LogP contribution in [0.2, 0.25) is 0 Å². The molecule has 0 saturated heterocycles. The molecule has 120 valence electrons. The molecule has 0 aliphatic rings. The summed E-state index contributed by atoms with van der Waals surface area (Å²) in [7, 11) is -7.08. The SMILES string of the molecule is CCCSc1ccc(N)c(NS(=O)(=O)CCS(C)(=O)=O)c1. The van der Waals surface area contributed by atoms with Crippen LogP contribution in [0.1, 0.15) is 13.3 Å². The lowest BCUT2D eigenvalue weighted by molar-refractivity contribution is 0.593. The Bertz CT molecular complexity index is 684. The molecule has 0 fully saturated rings. The van der Waals surface area contributed by atoms with Crippen molar-refractivity contribution < 1.29 is 16.8 Å². The number of nitrogen functional groups attached to an aromatic ring is 1. The summed E-state index contributed by atoms with van der Waals surface area (Å²) in [4.78, 5) is 0.909. The third-order valence-corrected chi connectivity index (χ3v) is 6.16. The summed E-state index contributed by atoms with van der Waals surface area (Å²) in [5.41, 5.74) is 6.34. The lowest BCUT2D eigenvalue weighted by Gasteiger charge is -2.11. The Morgan fingerprint density at radius 2 is 1.86 bits per heavy atom. The number of thioether (sulfide) groups is 1. The number of nitrogens with two attached hydrogens (primary N) is 1. The van der Waals surface area contributed by atoms with E-state index in [1.165, 1.54) is 0 Å². The fraction of sp³-hybridized carbons (Fsp3) is 0.500. The van der Waals surface area contributed by atoms with E-state index in [2.05, 4.69) is 11.6 Å². The van der Waals surface area contributed by atoms with Crippen LogP contribution in [0, 0.1) is 0 Å². The molecule has 6 nitrogen and oxygen atoms in total. The zero-order valence-corrected chi connectivity index (χ0v) is 14.4. The van der Waals surface area contributed by atoms with Crippen LogP contribution < -0.4 is 10.5 Å². The van der Waals surface area contributed by atoms with Crippen molar-refractivity contribution in [2.45, 2.75) is 18.2 Å². The van der Waals surface area contributed by atoms with E-state index < -0.39 is 31.4 Å². The molecular weight excluding hydrogens is 332 g/mol. The van der Waals surface area contributed by atoms with Gasteiger partial charge in [-0.25, -0.2) is 16.8 Å². The summed E-state index contributed by atoms with van der Waals surface area (Å²) in [6.07, 6.45) is 2.00. The molecule has 0 saturated carbocycles. The van der Waals surface area contributed by atoms with Crippen LogP contribution in [-0.4, -0.2) is 40.3 Å². The molecule has 0 atom stereocenters. The number of nitrogens with one attached hydrogen (secondary N) is 1. The predicted octanol–water partition coefficient (Wildman–Crippen LogP) is 1.56. The molecule has 0 aliphatic carbocycles. The maximum absolute atomic E-state index is 11.9. The van der Waals surface area contributed by atoms with E-state index in [1.54, 1.807) is 23.9 Å². The van der Waals surface area contributed by atoms with E-state index in [-0.39, 0.29) is 5.69 Å². The molecule has 1 rings (SSSR count). The van der Waals surface area contributed by atoms with E-state index in [0.29, 0.717) is 5.69 Å². The summed E-state index contributed by atoms with van der Waals surface area (Å²) < 4.78 is 48.2. The summed E-state index contributed by atoms with van der Waals surface area (Å²) in [5.74, 6) is 0.00824. The number of benzene rings is 1. The molecule has 0 heterocycles. The van der Waals surface area contributed by atoms with Crippen LogP contribution >= 0.6 is 11.8 Å². The lowest BCUT2D eigenvalue weighted by atomic mass is 10.3. The number of sulfonamides is 1. The molecule has 0 amide bonds. The first-order chi connectivity index (χ1) is 9.63. The maximum Gasteiger partial charge on any atom is 0.233 e. The van der Waals surface area contributed by atoms with Gasteiger partial charge >= 0.3 is 0 Å². The third-order valence-electron chi connectivity index (χ3n) is 2.49. The van der Waals surface area contributed by atoms with Crippen LogP contribution in [-0.2, 0) is 19.9 Å². The highest BCUT2D eigenvalue weighted by molar-refractivity contribution is 7.99. The first kappa shape index (κ1) is 18.1. The Morgan fingerprint density at radius 3 is 2.43 bits per heavy atom. The molecule has 0 aliphatic heterocycles. The molecule has 9 heteroatoms. The van der Waals surface area contributed by atoms with Gasteiger partial charge in [-0.1, -0.05) is 6.92 Å². The van der Waals surface area contributed by atoms with Crippen LogP contribution in [0.25, 0.3) is 0 Å². The summed E-state index contributed by atoms with van der Waals surface area (Å²) in [5, 5.41) is 0. The first-order valence-corrected chi connectivity index (χ1v) is 11.0. The van der Waals surface area contributed by atoms with Gasteiger partial charge in [-0.05, 0) is 30.4 Å². The van der Waals surface area contributed by atoms with Crippen molar-refractivity contribution in [3.05, 3.63) is 18.2 Å². The Morgan fingerprint density at radius 1 is 1.19 bits per heavy atom. The van der Waals surface area contributed by atoms with Crippen molar-refractivity contribution in [1.29, 1.82) is 0 Å². The average Bonchev–Trinajstić information content (AvgIpc) is 2.36. The van der Waals surface area contributed by atoms with Crippen molar-refractivity contribution in [2.75, 3.05) is 34.0 Å². The number of sulfone groups is 1. The molecule has 0 bridgehead atoms. The molecule has 1 aromatic carbocycles. The second-order valence-corrected chi connectivity index (χ2v) is 9.92. The van der Waals surface area contributed by atoms with Crippen molar-refractivity contribution in [3.63, 3.8) is 0 Å². The van der Waals surface area contributed by atoms with Crippen molar-refractivity contribution in [1.82, 2.24) is 0 Å². The first-order valence-electron chi connectivity index (χ1n) is 6.33. The fourth-order valence-corrected chi connectivity index (χ4v) is 4.92. The second-order valence-electron chi connectivity index (χ2n) is 4.65. The van der Waals surface area contributed by atoms with Crippen molar-refractivity contribution in [3.8, 4) is 0 Å². The van der Waals surface area contributed by atoms with Crippen LogP contribution in [0.3, 0.4) is 0 Å². The minimum atomic E-state index is -3.75. The quantitative estimate of drug-likeness (QED) is 0.543. The molecule has 0 radical (unpaired) electrons. The Hall–Kier alpha value is -0.930. The van der Waals surface area contributed by atoms with E-state index >= 15 is 0 Å². The Kier molecular flexibility index (Phi) is 6.36. The molecular formula is C12H20N2O4S3. The molecule has 0 aromatic heterocycles. The molecule has 21 heavy (non-hydrogen) atoms. The monoisotopic (exact) mass is 352 g/mol. The van der Waals surface area contributed by atoms with Crippen LogP contribution in [0.15, 0.2) is 23.1 Å². The highest BCUT2D eigenvalue weighted by Gasteiger charge is 2.16. The van der Waals surface area contributed by atoms with Gasteiger partial charge in [-0.3, -0.25) is 4.72 Å². The summed E-state index contributed by atoms with van der Waals surface area (Å²) >= 11 is 1.60. The van der Waals surface area contributed by atoms with Gasteiger partial charge in [0.2, 0.25) is 10.0 Å². The number of hydrogen-bond donors (Lipinski definition) is 2. The highest BCUT2D eigenvalue weighted by atomic mass is 32.2. The average molecular weight is 353 g/mol. The number of anilines is 2. The third kappa shape index (κ3) is 7.05. The zero-order chi connectivity index (χ0) is 16.1. The lowest BCUT2D eigenvalue weighted by Crippen LogP contribution is -2.22. The number of hydrogen-bond acceptors (Lipinski definition) is 6. The largest absolute Gasteiger partial charge is 0.397 e. The maximum atomic E-state index is 11.9. The van der Waals surface area contributed by atoms with Gasteiger partial charge in [0.25, 0.3) is 0 Å². The van der Waals surface area contributed by atoms with E-state index in [0.717, 1.165) is 23.3 Å². The number of rotatable bonds is 8. The van der Waals surface area contributed by atoms with Gasteiger partial charge < -0.3 is 5.73 Å². The zero-order valence-electron chi connectivity index (χ0n) is 12.0. The van der Waals surface area contributed by atoms with Gasteiger partial charge in [0.1, 0.15) is 9.84 Å². The van der Waals surface area contributed by atoms with E-state index in [9.17, 15) is 16.8 Å². The van der Waals surface area contributed by atoms with Crippen LogP contribution in [0.4, 0.5) is 11.4 Å². The second kappa shape index (κ2) is 7.37. The van der Waals surface area contributed by atoms with Gasteiger partial charge in [0.05, 0.1) is 22.9 Å². The van der Waals surface area contributed by atoms with Crippen molar-refractivity contribution >= 4 is 43.0 Å². The standard InChI is InChI=1S/C12H20N2O4S3/c1-3-6-19-10-4-5-11(13)12(9-10)14-21(17,18)8-7-20(2,15)16/h4-5,9,14H,3,6-8,13H2,1-2H3. The molecule has 0 spiro atoms. The van der Waals surface area contributed by atoms with E-state index in [1.807, 2.05) is 6.07 Å². The Balaban J connectivity index is 2.85. The van der Waals surface area contributed by atoms with Crippen LogP contribution in [0.5, 0.6) is 0 Å². The minimum Gasteiger partial charge on any atom is -0.397 e. The van der Waals surface area contributed by atoms with Gasteiger partial charge in [-0.15, -0.1) is 11.8 Å². The topological polar surface area (TPSA) is 106 Å². The fourth-order valence-electron chi connectivity index (χ4n) is 1.41. The molecule has 1 aromatic rings.